The molecule has 2 N–H and O–H groups in total. The van der Waals surface area contributed by atoms with Gasteiger partial charge in [-0.05, 0) is 32.4 Å². The third-order valence-electron chi connectivity index (χ3n) is 2.40. The van der Waals surface area contributed by atoms with Gasteiger partial charge in [0.05, 0.1) is 0 Å². The number of amides is 1. The fourth-order valence-corrected chi connectivity index (χ4v) is 1.59. The van der Waals surface area contributed by atoms with Gasteiger partial charge in [0.15, 0.2) is 6.04 Å². The summed E-state index contributed by atoms with van der Waals surface area (Å²) in [7, 11) is 0. The standard InChI is InChI=1S/C14H17F2NO4/c1-14(2,3)21-13(20)17-10(12(18)19)8-5-4-6-9(7-8)11(15)16/h4-7,10-11H,1-3H3,(H,17,20)(H,18,19). The molecule has 0 aliphatic heterocycles. The summed E-state index contributed by atoms with van der Waals surface area (Å²) in [5, 5.41) is 11.3. The largest absolute Gasteiger partial charge is 0.479 e. The molecule has 7 heteroatoms. The summed E-state index contributed by atoms with van der Waals surface area (Å²) in [6.07, 6.45) is -3.65. The molecule has 0 bridgehead atoms. The number of hydrogen-bond donors (Lipinski definition) is 2. The number of hydrogen-bond acceptors (Lipinski definition) is 3. The van der Waals surface area contributed by atoms with Crippen molar-refractivity contribution in [3.8, 4) is 0 Å². The van der Waals surface area contributed by atoms with E-state index in [1.807, 2.05) is 0 Å². The fraction of sp³-hybridized carbons (Fsp3) is 0.429. The lowest BCUT2D eigenvalue weighted by molar-refractivity contribution is -0.139. The molecule has 1 unspecified atom stereocenters. The van der Waals surface area contributed by atoms with Crippen LogP contribution in [0.1, 0.15) is 44.4 Å². The predicted molar refractivity (Wildman–Crippen MR) is 71.1 cm³/mol. The summed E-state index contributed by atoms with van der Waals surface area (Å²) in [4.78, 5) is 22.8. The van der Waals surface area contributed by atoms with Gasteiger partial charge in [0, 0.05) is 5.56 Å². The normalized spacial score (nSPS) is 12.9. The number of benzene rings is 1. The first kappa shape index (κ1) is 16.9. The van der Waals surface area contributed by atoms with Crippen LogP contribution in [0.15, 0.2) is 24.3 Å². The molecule has 1 aromatic rings. The van der Waals surface area contributed by atoms with Gasteiger partial charge in [0.1, 0.15) is 5.60 Å². The molecule has 1 rings (SSSR count). The van der Waals surface area contributed by atoms with E-state index in [2.05, 4.69) is 5.32 Å². The molecule has 0 saturated heterocycles. The molecular weight excluding hydrogens is 284 g/mol. The van der Waals surface area contributed by atoms with Crippen LogP contribution in [0, 0.1) is 0 Å². The predicted octanol–water partition coefficient (Wildman–Crippen LogP) is 3.27. The van der Waals surface area contributed by atoms with Crippen LogP contribution in [0.25, 0.3) is 0 Å². The van der Waals surface area contributed by atoms with Crippen LogP contribution in [-0.4, -0.2) is 22.8 Å². The highest BCUT2D eigenvalue weighted by molar-refractivity contribution is 5.81. The molecule has 0 heterocycles. The van der Waals surface area contributed by atoms with Gasteiger partial charge in [-0.25, -0.2) is 18.4 Å². The zero-order valence-corrected chi connectivity index (χ0v) is 11.9. The highest BCUT2D eigenvalue weighted by Crippen LogP contribution is 2.23. The number of nitrogens with one attached hydrogen (secondary N) is 1. The topological polar surface area (TPSA) is 75.6 Å². The Kier molecular flexibility index (Phi) is 5.23. The van der Waals surface area contributed by atoms with E-state index in [1.165, 1.54) is 18.2 Å². The lowest BCUT2D eigenvalue weighted by atomic mass is 10.0. The monoisotopic (exact) mass is 301 g/mol. The summed E-state index contributed by atoms with van der Waals surface area (Å²) in [6.45, 7) is 4.87. The number of carboxylic acid groups (broad SMARTS) is 1. The second-order valence-electron chi connectivity index (χ2n) is 5.39. The zero-order chi connectivity index (χ0) is 16.2. The van der Waals surface area contributed by atoms with Crippen LogP contribution in [0.5, 0.6) is 0 Å². The summed E-state index contributed by atoms with van der Waals surface area (Å²) in [5.41, 5.74) is -1.06. The van der Waals surface area contributed by atoms with Crippen molar-refractivity contribution in [3.05, 3.63) is 35.4 Å². The molecule has 5 nitrogen and oxygen atoms in total. The van der Waals surface area contributed by atoms with E-state index in [1.54, 1.807) is 20.8 Å². The van der Waals surface area contributed by atoms with Gasteiger partial charge in [-0.3, -0.25) is 0 Å². The molecule has 1 atom stereocenters. The number of halogens is 2. The smallest absolute Gasteiger partial charge is 0.408 e. The Labute approximate surface area is 120 Å². The van der Waals surface area contributed by atoms with Gasteiger partial charge in [0.25, 0.3) is 6.43 Å². The van der Waals surface area contributed by atoms with Crippen molar-refractivity contribution in [2.45, 2.75) is 38.8 Å². The van der Waals surface area contributed by atoms with E-state index in [0.717, 1.165) is 6.07 Å². The quantitative estimate of drug-likeness (QED) is 0.895. The first-order valence-electron chi connectivity index (χ1n) is 6.20. The summed E-state index contributed by atoms with van der Waals surface area (Å²) >= 11 is 0. The van der Waals surface area contributed by atoms with Crippen LogP contribution >= 0.6 is 0 Å². The van der Waals surface area contributed by atoms with Crippen molar-refractivity contribution in [1.82, 2.24) is 5.32 Å². The van der Waals surface area contributed by atoms with Crippen molar-refractivity contribution in [3.63, 3.8) is 0 Å². The molecule has 0 radical (unpaired) electrons. The number of alkyl halides is 2. The van der Waals surface area contributed by atoms with E-state index in [4.69, 9.17) is 9.84 Å². The van der Waals surface area contributed by atoms with E-state index < -0.39 is 30.1 Å². The second-order valence-corrected chi connectivity index (χ2v) is 5.39. The second kappa shape index (κ2) is 6.51. The lowest BCUT2D eigenvalue weighted by Gasteiger charge is -2.22. The Bertz CT molecular complexity index is 526. The van der Waals surface area contributed by atoms with E-state index in [9.17, 15) is 18.4 Å². The minimum absolute atomic E-state index is 0.0474. The molecular formula is C14H17F2NO4. The van der Waals surface area contributed by atoms with Crippen LogP contribution in [-0.2, 0) is 9.53 Å². The SMILES string of the molecule is CC(C)(C)OC(=O)NC(C(=O)O)c1cccc(C(F)F)c1. The molecule has 0 fully saturated rings. The Morgan fingerprint density at radius 3 is 2.29 bits per heavy atom. The molecule has 0 aromatic heterocycles. The number of carbonyl (C=O) groups is 2. The Morgan fingerprint density at radius 1 is 1.24 bits per heavy atom. The number of rotatable bonds is 4. The molecule has 0 saturated carbocycles. The van der Waals surface area contributed by atoms with Gasteiger partial charge < -0.3 is 15.2 Å². The maximum absolute atomic E-state index is 12.6. The number of alkyl carbamates (subject to hydrolysis) is 1. The first-order chi connectivity index (χ1) is 9.60. The molecule has 0 aliphatic rings. The summed E-state index contributed by atoms with van der Waals surface area (Å²) in [6, 6.07) is 3.42. The maximum atomic E-state index is 12.6. The molecule has 116 valence electrons. The van der Waals surface area contributed by atoms with Crippen LogP contribution < -0.4 is 5.32 Å². The van der Waals surface area contributed by atoms with E-state index in [-0.39, 0.29) is 11.1 Å². The number of carboxylic acids is 1. The average molecular weight is 301 g/mol. The molecule has 0 spiro atoms. The van der Waals surface area contributed by atoms with Crippen molar-refractivity contribution >= 4 is 12.1 Å². The van der Waals surface area contributed by atoms with Crippen LogP contribution in [0.4, 0.5) is 13.6 Å². The number of carbonyl (C=O) groups excluding carboxylic acids is 1. The van der Waals surface area contributed by atoms with Crippen molar-refractivity contribution in [1.29, 1.82) is 0 Å². The zero-order valence-electron chi connectivity index (χ0n) is 11.9. The van der Waals surface area contributed by atoms with E-state index in [0.29, 0.717) is 0 Å². The minimum Gasteiger partial charge on any atom is -0.479 e. The van der Waals surface area contributed by atoms with Gasteiger partial charge in [-0.2, -0.15) is 0 Å². The minimum atomic E-state index is -2.72. The Balaban J connectivity index is 2.95. The third-order valence-corrected chi connectivity index (χ3v) is 2.40. The van der Waals surface area contributed by atoms with Crippen LogP contribution in [0.3, 0.4) is 0 Å². The van der Waals surface area contributed by atoms with Gasteiger partial charge in [0.2, 0.25) is 0 Å². The number of aliphatic carboxylic acids is 1. The molecule has 21 heavy (non-hydrogen) atoms. The van der Waals surface area contributed by atoms with Crippen molar-refractivity contribution < 1.29 is 28.2 Å². The number of ether oxygens (including phenoxy) is 1. The van der Waals surface area contributed by atoms with Gasteiger partial charge in [-0.15, -0.1) is 0 Å². The first-order valence-corrected chi connectivity index (χ1v) is 6.20. The van der Waals surface area contributed by atoms with Gasteiger partial charge in [-0.1, -0.05) is 18.2 Å². The average Bonchev–Trinajstić information content (AvgIpc) is 2.33. The fourth-order valence-electron chi connectivity index (χ4n) is 1.59. The molecule has 1 aromatic carbocycles. The Morgan fingerprint density at radius 2 is 1.81 bits per heavy atom. The molecule has 1 amide bonds. The van der Waals surface area contributed by atoms with Crippen molar-refractivity contribution in [2.75, 3.05) is 0 Å². The highest BCUT2D eigenvalue weighted by Gasteiger charge is 2.26. The van der Waals surface area contributed by atoms with E-state index >= 15 is 0 Å². The maximum Gasteiger partial charge on any atom is 0.408 e. The summed E-state index contributed by atoms with van der Waals surface area (Å²) in [5.74, 6) is -1.37. The third kappa shape index (κ3) is 5.37. The lowest BCUT2D eigenvalue weighted by Crippen LogP contribution is -2.38. The van der Waals surface area contributed by atoms with Crippen molar-refractivity contribution in [2.24, 2.45) is 0 Å². The Hall–Kier alpha value is -2.18. The summed E-state index contributed by atoms with van der Waals surface area (Å²) < 4.78 is 30.2. The van der Waals surface area contributed by atoms with Crippen LogP contribution in [0.2, 0.25) is 0 Å². The molecule has 0 aliphatic carbocycles. The van der Waals surface area contributed by atoms with Gasteiger partial charge >= 0.3 is 12.1 Å². The highest BCUT2D eigenvalue weighted by atomic mass is 19.3.